The Kier molecular flexibility index (Phi) is 5.75. The fourth-order valence-corrected chi connectivity index (χ4v) is 3.22. The van der Waals surface area contributed by atoms with E-state index >= 15 is 0 Å². The molecule has 0 radical (unpaired) electrons. The Bertz CT molecular complexity index is 1190. The number of halogens is 1. The van der Waals surface area contributed by atoms with E-state index in [0.717, 1.165) is 6.07 Å². The number of pyridine rings is 1. The zero-order valence-electron chi connectivity index (χ0n) is 17.2. The van der Waals surface area contributed by atoms with Crippen LogP contribution >= 0.6 is 0 Å². The number of hydrogen-bond acceptors (Lipinski definition) is 5. The van der Waals surface area contributed by atoms with E-state index in [1.54, 1.807) is 35.2 Å². The highest BCUT2D eigenvalue weighted by Crippen LogP contribution is 2.34. The van der Waals surface area contributed by atoms with E-state index in [9.17, 15) is 14.0 Å². The van der Waals surface area contributed by atoms with Gasteiger partial charge in [0.05, 0.1) is 12.1 Å². The smallest absolute Gasteiger partial charge is 0.323 e. The third-order valence-electron chi connectivity index (χ3n) is 4.81. The van der Waals surface area contributed by atoms with Crippen molar-refractivity contribution in [3.63, 3.8) is 0 Å². The molecule has 32 heavy (non-hydrogen) atoms. The van der Waals surface area contributed by atoms with Crippen LogP contribution in [0.2, 0.25) is 0 Å². The van der Waals surface area contributed by atoms with E-state index in [0.29, 0.717) is 41.6 Å². The van der Waals surface area contributed by atoms with Gasteiger partial charge in [-0.15, -0.1) is 0 Å². The molecular formula is C22H21FN6O3. The number of hydrogen-bond donors (Lipinski definition) is 4. The van der Waals surface area contributed by atoms with E-state index in [1.165, 1.54) is 18.3 Å². The average Bonchev–Trinajstić information content (AvgIpc) is 2.75. The second-order valence-electron chi connectivity index (χ2n) is 7.03. The number of fused-ring (bicyclic) bond motifs is 1. The molecule has 0 aliphatic carbocycles. The predicted octanol–water partition coefficient (Wildman–Crippen LogP) is 4.61. The third-order valence-corrected chi connectivity index (χ3v) is 4.81. The van der Waals surface area contributed by atoms with Crippen LogP contribution in [0, 0.1) is 5.82 Å². The molecule has 0 unspecified atom stereocenters. The summed E-state index contributed by atoms with van der Waals surface area (Å²) in [6.07, 6.45) is 1.48. The van der Waals surface area contributed by atoms with Crippen molar-refractivity contribution in [2.75, 3.05) is 28.2 Å². The number of aromatic nitrogens is 1. The van der Waals surface area contributed by atoms with Gasteiger partial charge in [0.25, 0.3) is 0 Å². The van der Waals surface area contributed by atoms with Crippen LogP contribution in [0.3, 0.4) is 0 Å². The van der Waals surface area contributed by atoms with E-state index in [-0.39, 0.29) is 17.5 Å². The number of benzene rings is 2. The second kappa shape index (κ2) is 8.80. The lowest BCUT2D eigenvalue weighted by atomic mass is 10.2. The number of nitrogens with zero attached hydrogens (tertiary/aromatic N) is 2. The lowest BCUT2D eigenvalue weighted by Gasteiger charge is -2.28. The summed E-state index contributed by atoms with van der Waals surface area (Å²) in [6.45, 7) is 2.66. The maximum Gasteiger partial charge on any atom is 0.323 e. The number of nitrogens with two attached hydrogens (primary N) is 1. The van der Waals surface area contributed by atoms with Crippen LogP contribution in [0.4, 0.5) is 36.9 Å². The summed E-state index contributed by atoms with van der Waals surface area (Å²) >= 11 is 0. The Hall–Kier alpha value is -4.34. The topological polar surface area (TPSA) is 122 Å². The quantitative estimate of drug-likeness (QED) is 0.435. The zero-order chi connectivity index (χ0) is 22.7. The number of carbonyl (C=O) groups is 2. The van der Waals surface area contributed by atoms with E-state index in [4.69, 9.17) is 10.5 Å². The molecule has 1 aromatic heterocycles. The Morgan fingerprint density at radius 2 is 1.97 bits per heavy atom. The van der Waals surface area contributed by atoms with E-state index in [1.807, 2.05) is 6.92 Å². The van der Waals surface area contributed by atoms with Crippen LogP contribution in [-0.2, 0) is 6.54 Å². The molecule has 10 heteroatoms. The first-order valence-corrected chi connectivity index (χ1v) is 9.87. The standard InChI is InChI=1S/C22H21FN6O3/c1-2-29-12-16-18(8-9-25-20(16)28-22(29)31)32-19-7-6-15(11-17(19)23)27-21(30)26-14-5-3-4-13(24)10-14/h3-11H,2,12,24H2,1H3,(H,25,28,31)(H2,26,27,30). The Balaban J connectivity index is 1.47. The van der Waals surface area contributed by atoms with Crippen molar-refractivity contribution in [2.24, 2.45) is 0 Å². The molecule has 0 bridgehead atoms. The van der Waals surface area contributed by atoms with Crippen molar-refractivity contribution in [3.8, 4) is 11.5 Å². The normalized spacial score (nSPS) is 12.6. The molecule has 0 fully saturated rings. The van der Waals surface area contributed by atoms with Crippen LogP contribution in [0.5, 0.6) is 11.5 Å². The molecule has 4 rings (SSSR count). The first kappa shape index (κ1) is 20.9. The van der Waals surface area contributed by atoms with Crippen molar-refractivity contribution in [2.45, 2.75) is 13.5 Å². The van der Waals surface area contributed by atoms with Gasteiger partial charge in [-0.1, -0.05) is 6.07 Å². The van der Waals surface area contributed by atoms with E-state index < -0.39 is 11.8 Å². The van der Waals surface area contributed by atoms with Gasteiger partial charge in [0.1, 0.15) is 11.6 Å². The molecule has 9 nitrogen and oxygen atoms in total. The molecule has 164 valence electrons. The van der Waals surface area contributed by atoms with Gasteiger partial charge in [-0.2, -0.15) is 0 Å². The Labute approximate surface area is 183 Å². The van der Waals surface area contributed by atoms with Gasteiger partial charge in [-0.05, 0) is 43.3 Å². The highest BCUT2D eigenvalue weighted by Gasteiger charge is 2.25. The maximum absolute atomic E-state index is 14.7. The fourth-order valence-electron chi connectivity index (χ4n) is 3.22. The Morgan fingerprint density at radius 3 is 2.69 bits per heavy atom. The van der Waals surface area contributed by atoms with Crippen molar-refractivity contribution >= 4 is 34.9 Å². The average molecular weight is 436 g/mol. The summed E-state index contributed by atoms with van der Waals surface area (Å²) in [5.41, 5.74) is 7.61. The molecule has 0 spiro atoms. The van der Waals surface area contributed by atoms with Crippen molar-refractivity contribution < 1.29 is 18.7 Å². The summed E-state index contributed by atoms with van der Waals surface area (Å²) in [5, 5.41) is 7.88. The molecule has 0 saturated carbocycles. The number of ether oxygens (including phenoxy) is 1. The van der Waals surface area contributed by atoms with Crippen LogP contribution in [0.1, 0.15) is 12.5 Å². The van der Waals surface area contributed by atoms with Gasteiger partial charge < -0.3 is 26.0 Å². The number of carbonyl (C=O) groups excluding carboxylic acids is 2. The van der Waals surface area contributed by atoms with Crippen molar-refractivity contribution in [3.05, 3.63) is 66.1 Å². The molecule has 1 aliphatic rings. The van der Waals surface area contributed by atoms with Crippen molar-refractivity contribution in [1.82, 2.24) is 9.88 Å². The first-order valence-electron chi connectivity index (χ1n) is 9.87. The van der Waals surface area contributed by atoms with Gasteiger partial charge >= 0.3 is 12.1 Å². The van der Waals surface area contributed by atoms with Gasteiger partial charge in [0, 0.05) is 35.9 Å². The highest BCUT2D eigenvalue weighted by atomic mass is 19.1. The zero-order valence-corrected chi connectivity index (χ0v) is 17.2. The minimum Gasteiger partial charge on any atom is -0.454 e. The second-order valence-corrected chi connectivity index (χ2v) is 7.03. The van der Waals surface area contributed by atoms with Crippen LogP contribution in [0.25, 0.3) is 0 Å². The molecule has 0 atom stereocenters. The minimum absolute atomic E-state index is 0.0276. The molecule has 2 heterocycles. The SMILES string of the molecule is CCN1Cc2c(Oc3ccc(NC(=O)Nc4cccc(N)c4)cc3F)ccnc2NC1=O. The van der Waals surface area contributed by atoms with Gasteiger partial charge in [-0.3, -0.25) is 5.32 Å². The number of rotatable bonds is 5. The number of anilines is 4. The molecular weight excluding hydrogens is 415 g/mol. The molecule has 2 aromatic carbocycles. The third kappa shape index (κ3) is 4.53. The summed E-state index contributed by atoms with van der Waals surface area (Å²) in [7, 11) is 0. The van der Waals surface area contributed by atoms with Crippen LogP contribution < -0.4 is 26.4 Å². The van der Waals surface area contributed by atoms with Gasteiger partial charge in [0.2, 0.25) is 0 Å². The molecule has 1 aliphatic heterocycles. The van der Waals surface area contributed by atoms with Crippen LogP contribution in [0.15, 0.2) is 54.7 Å². The molecule has 4 amide bonds. The molecule has 0 saturated heterocycles. The maximum atomic E-state index is 14.7. The number of nitrogens with one attached hydrogen (secondary N) is 3. The van der Waals surface area contributed by atoms with Crippen molar-refractivity contribution in [1.29, 1.82) is 0 Å². The van der Waals surface area contributed by atoms with Crippen LogP contribution in [-0.4, -0.2) is 28.5 Å². The largest absolute Gasteiger partial charge is 0.454 e. The van der Waals surface area contributed by atoms with E-state index in [2.05, 4.69) is 20.9 Å². The van der Waals surface area contributed by atoms with Gasteiger partial charge in [-0.25, -0.2) is 19.0 Å². The fraction of sp³-hybridized carbons (Fsp3) is 0.136. The highest BCUT2D eigenvalue weighted by molar-refractivity contribution is 6.00. The molecule has 5 N–H and O–H groups in total. The summed E-state index contributed by atoms with van der Waals surface area (Å²) in [5.74, 6) is 0.0752. The number of nitrogen functional groups attached to an aromatic ring is 1. The summed E-state index contributed by atoms with van der Waals surface area (Å²) in [6, 6.07) is 11.6. The molecule has 3 aromatic rings. The predicted molar refractivity (Wildman–Crippen MR) is 119 cm³/mol. The first-order chi connectivity index (χ1) is 15.4. The number of urea groups is 2. The lowest BCUT2D eigenvalue weighted by Crippen LogP contribution is -2.38. The summed E-state index contributed by atoms with van der Waals surface area (Å²) < 4.78 is 20.5. The minimum atomic E-state index is -0.662. The number of amides is 4. The monoisotopic (exact) mass is 436 g/mol. The van der Waals surface area contributed by atoms with Gasteiger partial charge in [0.15, 0.2) is 11.6 Å². The Morgan fingerprint density at radius 1 is 1.19 bits per heavy atom. The lowest BCUT2D eigenvalue weighted by molar-refractivity contribution is 0.209. The summed E-state index contributed by atoms with van der Waals surface area (Å²) in [4.78, 5) is 29.9.